The molecule has 0 spiro atoms. The fraction of sp³-hybridized carbons (Fsp3) is 0.381. The minimum absolute atomic E-state index is 0.00979. The maximum absolute atomic E-state index is 13.0. The number of hydrogen-bond donors (Lipinski definition) is 0. The molecule has 3 aromatic rings. The Morgan fingerprint density at radius 2 is 1.87 bits per heavy atom. The summed E-state index contributed by atoms with van der Waals surface area (Å²) in [5.41, 5.74) is 0.127. The van der Waals surface area contributed by atoms with Crippen LogP contribution in [0.1, 0.15) is 34.9 Å². The van der Waals surface area contributed by atoms with Crippen molar-refractivity contribution < 1.29 is 22.5 Å². The molecule has 1 amide bonds. The Hall–Kier alpha value is -3.14. The Morgan fingerprint density at radius 1 is 1.13 bits per heavy atom. The minimum atomic E-state index is -4.44. The van der Waals surface area contributed by atoms with Gasteiger partial charge in [-0.15, -0.1) is 0 Å². The summed E-state index contributed by atoms with van der Waals surface area (Å²) in [6.07, 6.45) is -2.60. The summed E-state index contributed by atoms with van der Waals surface area (Å²) in [5, 5.41) is 3.86. The number of nitrogens with zero attached hydrogens (tertiary/aromatic N) is 5. The van der Waals surface area contributed by atoms with E-state index in [1.54, 1.807) is 15.5 Å². The van der Waals surface area contributed by atoms with Crippen LogP contribution in [-0.2, 0) is 13.2 Å². The van der Waals surface area contributed by atoms with Gasteiger partial charge in [0.05, 0.1) is 11.6 Å². The van der Waals surface area contributed by atoms with Gasteiger partial charge >= 0.3 is 6.18 Å². The van der Waals surface area contributed by atoms with E-state index < -0.39 is 11.7 Å². The number of benzene rings is 1. The van der Waals surface area contributed by atoms with Gasteiger partial charge in [0.25, 0.3) is 5.91 Å². The van der Waals surface area contributed by atoms with Crippen LogP contribution in [-0.4, -0.2) is 56.6 Å². The van der Waals surface area contributed by atoms with E-state index in [2.05, 4.69) is 15.0 Å². The fourth-order valence-electron chi connectivity index (χ4n) is 3.67. The topological polar surface area (TPSA) is 67.4 Å². The van der Waals surface area contributed by atoms with E-state index in [-0.39, 0.29) is 23.3 Å². The third-order valence-corrected chi connectivity index (χ3v) is 5.56. The second kappa shape index (κ2) is 8.18. The van der Waals surface area contributed by atoms with Crippen molar-refractivity contribution in [3.05, 3.63) is 59.7 Å². The van der Waals surface area contributed by atoms with Crippen LogP contribution in [0.4, 0.5) is 13.2 Å². The van der Waals surface area contributed by atoms with Crippen molar-refractivity contribution in [2.24, 2.45) is 7.05 Å². The average Bonchev–Trinajstić information content (AvgIpc) is 3.42. The van der Waals surface area contributed by atoms with Crippen LogP contribution in [0.5, 0.6) is 0 Å². The molecule has 1 aromatic carbocycles. The van der Waals surface area contributed by atoms with E-state index >= 15 is 0 Å². The lowest BCUT2D eigenvalue weighted by Gasteiger charge is -2.36. The third kappa shape index (κ3) is 4.34. The summed E-state index contributed by atoms with van der Waals surface area (Å²) < 4.78 is 46.0. The molecule has 164 valence electrons. The van der Waals surface area contributed by atoms with Crippen LogP contribution in [0.2, 0.25) is 0 Å². The van der Waals surface area contributed by atoms with E-state index in [9.17, 15) is 18.0 Å². The SMILES string of the molecule is CC(c1nc(-c2cccc(C(F)(F)F)c2)no1)N1CCN(C(=O)c2cccn2C)CC1. The van der Waals surface area contributed by atoms with Gasteiger partial charge in [-0.25, -0.2) is 0 Å². The molecule has 1 aliphatic heterocycles. The number of carbonyl (C=O) groups excluding carboxylic acids is 1. The molecule has 0 N–H and O–H groups in total. The van der Waals surface area contributed by atoms with Gasteiger partial charge < -0.3 is 14.0 Å². The number of piperazine rings is 1. The van der Waals surface area contributed by atoms with E-state index in [0.29, 0.717) is 37.8 Å². The van der Waals surface area contributed by atoms with E-state index in [1.807, 2.05) is 26.2 Å². The quantitative estimate of drug-likeness (QED) is 0.629. The van der Waals surface area contributed by atoms with Gasteiger partial charge in [-0.05, 0) is 31.2 Å². The van der Waals surface area contributed by atoms with Gasteiger partial charge in [-0.2, -0.15) is 18.2 Å². The number of halogens is 3. The van der Waals surface area contributed by atoms with Crippen LogP contribution < -0.4 is 0 Å². The van der Waals surface area contributed by atoms with Crippen molar-refractivity contribution in [3.63, 3.8) is 0 Å². The van der Waals surface area contributed by atoms with Gasteiger partial charge in [0.15, 0.2) is 0 Å². The molecule has 1 unspecified atom stereocenters. The van der Waals surface area contributed by atoms with Crippen molar-refractivity contribution in [2.45, 2.75) is 19.1 Å². The normalized spacial score (nSPS) is 16.5. The zero-order valence-electron chi connectivity index (χ0n) is 17.1. The number of alkyl halides is 3. The molecule has 0 aliphatic carbocycles. The first-order valence-corrected chi connectivity index (χ1v) is 9.90. The molecule has 1 atom stereocenters. The number of aryl methyl sites for hydroxylation is 1. The average molecular weight is 433 g/mol. The maximum Gasteiger partial charge on any atom is 0.416 e. The second-order valence-electron chi connectivity index (χ2n) is 7.54. The maximum atomic E-state index is 13.0. The molecule has 0 bridgehead atoms. The molecule has 4 rings (SSSR count). The van der Waals surface area contributed by atoms with E-state index in [0.717, 1.165) is 12.1 Å². The first-order chi connectivity index (χ1) is 14.7. The highest BCUT2D eigenvalue weighted by atomic mass is 19.4. The number of aromatic nitrogens is 3. The molecule has 7 nitrogen and oxygen atoms in total. The summed E-state index contributed by atoms with van der Waals surface area (Å²) >= 11 is 0. The van der Waals surface area contributed by atoms with Crippen molar-refractivity contribution in [3.8, 4) is 11.4 Å². The first kappa shape index (κ1) is 21.1. The van der Waals surface area contributed by atoms with Crippen LogP contribution in [0.15, 0.2) is 47.1 Å². The number of rotatable bonds is 4. The van der Waals surface area contributed by atoms with Crippen molar-refractivity contribution in [1.29, 1.82) is 0 Å². The molecule has 10 heteroatoms. The van der Waals surface area contributed by atoms with Gasteiger partial charge in [0.2, 0.25) is 11.7 Å². The van der Waals surface area contributed by atoms with Gasteiger partial charge in [0, 0.05) is 45.0 Å². The standard InChI is InChI=1S/C21H22F3N5O2/c1-14(28-9-11-29(12-10-28)20(30)17-7-4-8-27(17)2)19-25-18(26-31-19)15-5-3-6-16(13-15)21(22,23)24/h3-8,13-14H,9-12H2,1-2H3. The fourth-order valence-corrected chi connectivity index (χ4v) is 3.67. The highest BCUT2D eigenvalue weighted by Crippen LogP contribution is 2.32. The van der Waals surface area contributed by atoms with Crippen LogP contribution in [0, 0.1) is 0 Å². The molecule has 2 aromatic heterocycles. The lowest BCUT2D eigenvalue weighted by molar-refractivity contribution is -0.137. The Bertz CT molecular complexity index is 1070. The Balaban J connectivity index is 1.41. The predicted molar refractivity (Wildman–Crippen MR) is 106 cm³/mol. The first-order valence-electron chi connectivity index (χ1n) is 9.90. The molecule has 1 fully saturated rings. The zero-order chi connectivity index (χ0) is 22.2. The van der Waals surface area contributed by atoms with Crippen LogP contribution >= 0.6 is 0 Å². The largest absolute Gasteiger partial charge is 0.416 e. The smallest absolute Gasteiger partial charge is 0.347 e. The summed E-state index contributed by atoms with van der Waals surface area (Å²) in [5.74, 6) is 0.435. The molecule has 31 heavy (non-hydrogen) atoms. The summed E-state index contributed by atoms with van der Waals surface area (Å²) in [6.45, 7) is 4.27. The molecule has 0 radical (unpaired) electrons. The highest BCUT2D eigenvalue weighted by Gasteiger charge is 2.31. The van der Waals surface area contributed by atoms with E-state index in [1.165, 1.54) is 12.1 Å². The Morgan fingerprint density at radius 3 is 2.52 bits per heavy atom. The highest BCUT2D eigenvalue weighted by molar-refractivity contribution is 5.92. The summed E-state index contributed by atoms with van der Waals surface area (Å²) in [7, 11) is 1.84. The summed E-state index contributed by atoms with van der Waals surface area (Å²) in [4.78, 5) is 20.9. The van der Waals surface area contributed by atoms with Crippen molar-refractivity contribution in [2.75, 3.05) is 26.2 Å². The Labute approximate surface area is 177 Å². The van der Waals surface area contributed by atoms with Crippen LogP contribution in [0.3, 0.4) is 0 Å². The van der Waals surface area contributed by atoms with Gasteiger partial charge in [-0.3, -0.25) is 9.69 Å². The van der Waals surface area contributed by atoms with Gasteiger partial charge in [-0.1, -0.05) is 17.3 Å². The summed E-state index contributed by atoms with van der Waals surface area (Å²) in [6, 6.07) is 8.26. The zero-order valence-corrected chi connectivity index (χ0v) is 17.1. The molecular formula is C21H22F3N5O2. The molecule has 1 saturated heterocycles. The second-order valence-corrected chi connectivity index (χ2v) is 7.54. The lowest BCUT2D eigenvalue weighted by Crippen LogP contribution is -2.49. The molecule has 3 heterocycles. The van der Waals surface area contributed by atoms with Crippen molar-refractivity contribution >= 4 is 5.91 Å². The third-order valence-electron chi connectivity index (χ3n) is 5.56. The number of amides is 1. The monoisotopic (exact) mass is 433 g/mol. The van der Waals surface area contributed by atoms with Gasteiger partial charge in [0.1, 0.15) is 5.69 Å². The molecule has 0 saturated carbocycles. The Kier molecular flexibility index (Phi) is 5.57. The number of hydrogen-bond acceptors (Lipinski definition) is 5. The van der Waals surface area contributed by atoms with Crippen molar-refractivity contribution in [1.82, 2.24) is 24.5 Å². The molecule has 1 aliphatic rings. The predicted octanol–water partition coefficient (Wildman–Crippen LogP) is 3.61. The number of carbonyl (C=O) groups is 1. The minimum Gasteiger partial charge on any atom is -0.347 e. The lowest BCUT2D eigenvalue weighted by atomic mass is 10.1. The van der Waals surface area contributed by atoms with Crippen LogP contribution in [0.25, 0.3) is 11.4 Å². The molecular weight excluding hydrogens is 411 g/mol. The van der Waals surface area contributed by atoms with E-state index in [4.69, 9.17) is 4.52 Å².